The van der Waals surface area contributed by atoms with Crippen molar-refractivity contribution in [2.45, 2.75) is 45.6 Å². The minimum Gasteiger partial charge on any atom is -0.397 e. The van der Waals surface area contributed by atoms with Crippen LogP contribution in [0.25, 0.3) is 10.2 Å². The predicted molar refractivity (Wildman–Crippen MR) is 115 cm³/mol. The van der Waals surface area contributed by atoms with Crippen molar-refractivity contribution in [3.63, 3.8) is 0 Å². The van der Waals surface area contributed by atoms with Crippen LogP contribution in [0.2, 0.25) is 0 Å². The summed E-state index contributed by atoms with van der Waals surface area (Å²) < 4.78 is 1.71. The molecule has 3 aromatic rings. The molecule has 0 radical (unpaired) electrons. The summed E-state index contributed by atoms with van der Waals surface area (Å²) in [6.45, 7) is 3.95. The van der Waals surface area contributed by atoms with Gasteiger partial charge in [-0.05, 0) is 62.1 Å². The number of H-pyrrole nitrogens is 1. The molecule has 3 unspecified atom stereocenters. The van der Waals surface area contributed by atoms with Crippen LogP contribution >= 0.6 is 11.3 Å². The number of anilines is 1. The fraction of sp³-hybridized carbons (Fsp3) is 0.409. The predicted octanol–water partition coefficient (Wildman–Crippen LogP) is 3.54. The van der Waals surface area contributed by atoms with Gasteiger partial charge >= 0.3 is 5.69 Å². The summed E-state index contributed by atoms with van der Waals surface area (Å²) in [5.74, 6) is 0.889. The maximum atomic E-state index is 13.2. The van der Waals surface area contributed by atoms with Crippen molar-refractivity contribution in [2.24, 2.45) is 11.8 Å². The number of hydrogen-bond donors (Lipinski definition) is 2. The number of carbonyl (C=O) groups is 1. The molecule has 1 aromatic carbocycles. The fourth-order valence-electron chi connectivity index (χ4n) is 5.14. The van der Waals surface area contributed by atoms with Gasteiger partial charge in [-0.1, -0.05) is 18.6 Å². The van der Waals surface area contributed by atoms with E-state index in [0.29, 0.717) is 27.1 Å². The van der Waals surface area contributed by atoms with Gasteiger partial charge in [-0.3, -0.25) is 19.1 Å². The fourth-order valence-corrected chi connectivity index (χ4v) is 6.38. The number of nitrogens with zero attached hydrogens (tertiary/aromatic N) is 1. The first-order valence-corrected chi connectivity index (χ1v) is 10.9. The van der Waals surface area contributed by atoms with Crippen LogP contribution in [0.5, 0.6) is 0 Å². The first-order valence-electron chi connectivity index (χ1n) is 10.0. The number of benzene rings is 1. The number of aromatic nitrogens is 2. The Hall–Kier alpha value is -2.67. The maximum absolute atomic E-state index is 13.2. The van der Waals surface area contributed by atoms with Crippen LogP contribution in [-0.4, -0.2) is 15.3 Å². The van der Waals surface area contributed by atoms with Gasteiger partial charge in [0.25, 0.3) is 5.56 Å². The van der Waals surface area contributed by atoms with Gasteiger partial charge in [-0.25, -0.2) is 4.79 Å². The second kappa shape index (κ2) is 6.42. The van der Waals surface area contributed by atoms with Crippen LogP contribution in [0.1, 0.15) is 58.1 Å². The molecule has 2 aliphatic rings. The van der Waals surface area contributed by atoms with Gasteiger partial charge in [0.05, 0.1) is 11.1 Å². The van der Waals surface area contributed by atoms with Gasteiger partial charge in [0.1, 0.15) is 9.71 Å². The number of fused-ring (bicyclic) bond motifs is 3. The van der Waals surface area contributed by atoms with E-state index < -0.39 is 11.2 Å². The number of hydrogen-bond acceptors (Lipinski definition) is 5. The molecule has 0 amide bonds. The summed E-state index contributed by atoms with van der Waals surface area (Å²) in [7, 11) is 0. The Kier molecular flexibility index (Phi) is 4.07. The highest BCUT2D eigenvalue weighted by Crippen LogP contribution is 2.51. The van der Waals surface area contributed by atoms with Gasteiger partial charge in [-0.15, -0.1) is 11.3 Å². The highest BCUT2D eigenvalue weighted by molar-refractivity contribution is 7.21. The van der Waals surface area contributed by atoms with Crippen LogP contribution in [0.3, 0.4) is 0 Å². The largest absolute Gasteiger partial charge is 0.397 e. The Bertz CT molecular complexity index is 1280. The van der Waals surface area contributed by atoms with Gasteiger partial charge < -0.3 is 5.73 Å². The number of nitrogens with one attached hydrogen (secondary N) is 1. The summed E-state index contributed by atoms with van der Waals surface area (Å²) in [5.41, 5.74) is 8.22. The minimum absolute atomic E-state index is 0.0724. The summed E-state index contributed by atoms with van der Waals surface area (Å²) in [6, 6.07) is 5.60. The first kappa shape index (κ1) is 18.4. The van der Waals surface area contributed by atoms with Crippen molar-refractivity contribution < 1.29 is 4.79 Å². The summed E-state index contributed by atoms with van der Waals surface area (Å²) >= 11 is 1.17. The van der Waals surface area contributed by atoms with Crippen molar-refractivity contribution in [1.82, 2.24) is 9.55 Å². The molecule has 3 N–H and O–H groups in total. The Labute approximate surface area is 171 Å². The molecule has 2 saturated carbocycles. The van der Waals surface area contributed by atoms with Crippen molar-refractivity contribution in [2.75, 3.05) is 5.73 Å². The molecule has 7 heteroatoms. The standard InChI is InChI=1S/C22H23N3O3S/c1-10-3-5-14(7-11(10)2)18(26)19-17(23)16-20(27)24-22(28)25(21(16)29-19)15-9-12-4-6-13(15)8-12/h3,5,7,12-13,15H,4,6,8-9,23H2,1-2H3,(H,24,27,28). The Morgan fingerprint density at radius 3 is 2.62 bits per heavy atom. The van der Waals surface area contributed by atoms with E-state index in [0.717, 1.165) is 30.4 Å². The van der Waals surface area contributed by atoms with E-state index in [1.807, 2.05) is 26.0 Å². The molecule has 150 valence electrons. The second-order valence-corrected chi connectivity index (χ2v) is 9.52. The van der Waals surface area contributed by atoms with Gasteiger partial charge in [0.2, 0.25) is 5.78 Å². The third-order valence-electron chi connectivity index (χ3n) is 6.82. The average molecular weight is 410 g/mol. The van der Waals surface area contributed by atoms with Gasteiger partial charge in [0.15, 0.2) is 0 Å². The molecule has 0 aliphatic heterocycles. The van der Waals surface area contributed by atoms with E-state index in [1.54, 1.807) is 10.6 Å². The van der Waals surface area contributed by atoms with E-state index in [1.165, 1.54) is 17.8 Å². The lowest BCUT2D eigenvalue weighted by Crippen LogP contribution is -2.34. The van der Waals surface area contributed by atoms with Crippen molar-refractivity contribution in [3.05, 3.63) is 60.6 Å². The Morgan fingerprint density at radius 1 is 1.17 bits per heavy atom. The van der Waals surface area contributed by atoms with Crippen LogP contribution in [0.4, 0.5) is 5.69 Å². The highest BCUT2D eigenvalue weighted by Gasteiger charge is 2.42. The van der Waals surface area contributed by atoms with Crippen molar-refractivity contribution in [1.29, 1.82) is 0 Å². The maximum Gasteiger partial charge on any atom is 0.329 e. The number of rotatable bonds is 3. The Morgan fingerprint density at radius 2 is 1.97 bits per heavy atom. The van der Waals surface area contributed by atoms with Crippen molar-refractivity contribution >= 4 is 33.0 Å². The van der Waals surface area contributed by atoms with E-state index in [4.69, 9.17) is 5.73 Å². The smallest absolute Gasteiger partial charge is 0.329 e. The third-order valence-corrected chi connectivity index (χ3v) is 8.02. The molecule has 2 heterocycles. The molecule has 6 nitrogen and oxygen atoms in total. The topological polar surface area (TPSA) is 98.0 Å². The molecule has 2 aliphatic carbocycles. The van der Waals surface area contributed by atoms with E-state index in [2.05, 4.69) is 4.98 Å². The lowest BCUT2D eigenvalue weighted by molar-refractivity contribution is 0.104. The summed E-state index contributed by atoms with van der Waals surface area (Å²) in [6.07, 6.45) is 4.40. The molecule has 5 rings (SSSR count). The normalized spacial score (nSPS) is 23.2. The summed E-state index contributed by atoms with van der Waals surface area (Å²) in [4.78, 5) is 41.8. The molecular formula is C22H23N3O3S. The molecule has 3 atom stereocenters. The average Bonchev–Trinajstić information content (AvgIpc) is 3.38. The molecule has 29 heavy (non-hydrogen) atoms. The highest BCUT2D eigenvalue weighted by atomic mass is 32.1. The molecule has 2 aromatic heterocycles. The number of aryl methyl sites for hydroxylation is 2. The number of ketones is 1. The van der Waals surface area contributed by atoms with Crippen LogP contribution in [0.15, 0.2) is 27.8 Å². The monoisotopic (exact) mass is 409 g/mol. The molecule has 2 bridgehead atoms. The second-order valence-electron chi connectivity index (χ2n) is 8.52. The van der Waals surface area contributed by atoms with E-state index in [9.17, 15) is 14.4 Å². The third kappa shape index (κ3) is 2.71. The van der Waals surface area contributed by atoms with Gasteiger partial charge in [0, 0.05) is 11.6 Å². The zero-order chi connectivity index (χ0) is 20.4. The number of aromatic amines is 1. The lowest BCUT2D eigenvalue weighted by atomic mass is 9.95. The number of carbonyl (C=O) groups excluding carboxylic acids is 1. The number of nitrogen functional groups attached to an aromatic ring is 1. The zero-order valence-electron chi connectivity index (χ0n) is 16.5. The SMILES string of the molecule is Cc1ccc(C(=O)c2sc3c(c2N)c(=O)[nH]c(=O)n3C2CC3CCC2C3)cc1C. The van der Waals surface area contributed by atoms with Crippen LogP contribution in [-0.2, 0) is 0 Å². The quantitative estimate of drug-likeness (QED) is 0.647. The minimum atomic E-state index is -0.516. The summed E-state index contributed by atoms with van der Waals surface area (Å²) in [5, 5.41) is 0.268. The van der Waals surface area contributed by atoms with E-state index >= 15 is 0 Å². The van der Waals surface area contributed by atoms with E-state index in [-0.39, 0.29) is 22.9 Å². The number of nitrogens with two attached hydrogens (primary N) is 1. The molecular weight excluding hydrogens is 386 g/mol. The lowest BCUT2D eigenvalue weighted by Gasteiger charge is -2.24. The first-order chi connectivity index (χ1) is 13.8. The van der Waals surface area contributed by atoms with Gasteiger partial charge in [-0.2, -0.15) is 0 Å². The van der Waals surface area contributed by atoms with Crippen LogP contribution in [0, 0.1) is 25.7 Å². The van der Waals surface area contributed by atoms with Crippen molar-refractivity contribution in [3.8, 4) is 0 Å². The Balaban J connectivity index is 1.69. The molecule has 0 spiro atoms. The van der Waals surface area contributed by atoms with Crippen LogP contribution < -0.4 is 17.0 Å². The zero-order valence-corrected chi connectivity index (χ0v) is 17.3. The molecule has 0 saturated heterocycles. The number of thiophene rings is 1. The molecule has 2 fully saturated rings.